The van der Waals surface area contributed by atoms with E-state index in [1.165, 1.54) is 19.3 Å². The summed E-state index contributed by atoms with van der Waals surface area (Å²) in [7, 11) is 0. The Bertz CT molecular complexity index is 381. The summed E-state index contributed by atoms with van der Waals surface area (Å²) < 4.78 is 0. The van der Waals surface area contributed by atoms with Gasteiger partial charge >= 0.3 is 12.0 Å². The molecule has 1 saturated heterocycles. The molecule has 5 heteroatoms. The van der Waals surface area contributed by atoms with Gasteiger partial charge in [0.1, 0.15) is 5.54 Å². The third-order valence-corrected chi connectivity index (χ3v) is 5.06. The highest BCUT2D eigenvalue weighted by atomic mass is 16.4. The van der Waals surface area contributed by atoms with Crippen molar-refractivity contribution in [3.05, 3.63) is 0 Å². The van der Waals surface area contributed by atoms with E-state index in [1.807, 2.05) is 18.7 Å². The second kappa shape index (κ2) is 6.02. The average molecular weight is 282 g/mol. The highest BCUT2D eigenvalue weighted by Gasteiger charge is 2.49. The third kappa shape index (κ3) is 2.50. The molecule has 2 rings (SSSR count). The molecule has 1 saturated carbocycles. The summed E-state index contributed by atoms with van der Waals surface area (Å²) in [5.41, 5.74) is -0.982. The van der Waals surface area contributed by atoms with Crippen molar-refractivity contribution >= 4 is 12.0 Å². The predicted molar refractivity (Wildman–Crippen MR) is 76.6 cm³/mol. The Kier molecular flexibility index (Phi) is 4.55. The Balaban J connectivity index is 2.10. The Morgan fingerprint density at radius 3 is 2.45 bits per heavy atom. The van der Waals surface area contributed by atoms with Gasteiger partial charge in [0.05, 0.1) is 0 Å². The smallest absolute Gasteiger partial charge is 0.329 e. The van der Waals surface area contributed by atoms with Crippen molar-refractivity contribution in [1.82, 2.24) is 9.80 Å². The monoisotopic (exact) mass is 282 g/mol. The normalized spacial score (nSPS) is 26.4. The zero-order valence-electron chi connectivity index (χ0n) is 12.6. The zero-order chi connectivity index (χ0) is 14.8. The van der Waals surface area contributed by atoms with Crippen molar-refractivity contribution in [3.8, 4) is 0 Å². The van der Waals surface area contributed by atoms with Crippen LogP contribution < -0.4 is 0 Å². The van der Waals surface area contributed by atoms with E-state index < -0.39 is 11.5 Å². The largest absolute Gasteiger partial charge is 0.479 e. The topological polar surface area (TPSA) is 60.9 Å². The first-order chi connectivity index (χ1) is 9.55. The minimum absolute atomic E-state index is 0.0823. The number of carboxylic acid groups (broad SMARTS) is 1. The van der Waals surface area contributed by atoms with Crippen LogP contribution in [0.15, 0.2) is 0 Å². The van der Waals surface area contributed by atoms with Gasteiger partial charge in [0.15, 0.2) is 0 Å². The maximum Gasteiger partial charge on any atom is 0.329 e. The first-order valence-corrected chi connectivity index (χ1v) is 7.85. The molecule has 1 atom stereocenters. The number of nitrogens with zero attached hydrogens (tertiary/aromatic N) is 2. The summed E-state index contributed by atoms with van der Waals surface area (Å²) >= 11 is 0. The molecule has 5 nitrogen and oxygen atoms in total. The molecule has 2 aliphatic rings. The fourth-order valence-corrected chi connectivity index (χ4v) is 3.40. The fourth-order valence-electron chi connectivity index (χ4n) is 3.40. The van der Waals surface area contributed by atoms with E-state index in [2.05, 4.69) is 0 Å². The first kappa shape index (κ1) is 15.1. The van der Waals surface area contributed by atoms with Crippen LogP contribution in [0.1, 0.15) is 52.4 Å². The Labute approximate surface area is 120 Å². The molecule has 0 aromatic carbocycles. The average Bonchev–Trinajstić information content (AvgIpc) is 2.82. The quantitative estimate of drug-likeness (QED) is 0.843. The molecule has 0 radical (unpaired) electrons. The molecular weight excluding hydrogens is 256 g/mol. The second-order valence-electron chi connectivity index (χ2n) is 6.06. The minimum Gasteiger partial charge on any atom is -0.479 e. The van der Waals surface area contributed by atoms with Crippen molar-refractivity contribution < 1.29 is 14.7 Å². The van der Waals surface area contributed by atoms with Crippen LogP contribution in [0.2, 0.25) is 0 Å². The number of aliphatic carboxylic acids is 1. The molecule has 0 spiro atoms. The molecule has 0 aromatic rings. The van der Waals surface area contributed by atoms with E-state index in [-0.39, 0.29) is 6.03 Å². The highest BCUT2D eigenvalue weighted by Crippen LogP contribution is 2.34. The summed E-state index contributed by atoms with van der Waals surface area (Å²) in [6.07, 6.45) is 5.49. The lowest BCUT2D eigenvalue weighted by Crippen LogP contribution is -2.57. The number of carboxylic acids is 1. The molecule has 1 heterocycles. The molecule has 114 valence electrons. The number of rotatable bonds is 5. The van der Waals surface area contributed by atoms with E-state index >= 15 is 0 Å². The van der Waals surface area contributed by atoms with Gasteiger partial charge in [0.25, 0.3) is 0 Å². The molecule has 1 unspecified atom stereocenters. The summed E-state index contributed by atoms with van der Waals surface area (Å²) in [6, 6.07) is -0.0823. The van der Waals surface area contributed by atoms with Crippen molar-refractivity contribution in [2.45, 2.75) is 57.9 Å². The van der Waals surface area contributed by atoms with Crippen LogP contribution in [0.4, 0.5) is 4.79 Å². The van der Waals surface area contributed by atoms with Crippen LogP contribution in [0.5, 0.6) is 0 Å². The van der Waals surface area contributed by atoms with Crippen molar-refractivity contribution in [1.29, 1.82) is 0 Å². The van der Waals surface area contributed by atoms with Gasteiger partial charge in [-0.3, -0.25) is 0 Å². The van der Waals surface area contributed by atoms with Gasteiger partial charge in [-0.1, -0.05) is 13.3 Å². The molecule has 1 N–H and O–H groups in total. The standard InChI is InChI=1S/C15H26N2O3/c1-3-15(13(18)19)9-6-10-17(15)14(20)16(4-2)11-12-7-5-8-12/h12H,3-11H2,1-2H3,(H,18,19). The minimum atomic E-state index is -0.982. The van der Waals surface area contributed by atoms with Crippen LogP contribution in [-0.2, 0) is 4.79 Å². The van der Waals surface area contributed by atoms with Crippen LogP contribution in [0, 0.1) is 5.92 Å². The van der Waals surface area contributed by atoms with Crippen LogP contribution in [-0.4, -0.2) is 52.1 Å². The van der Waals surface area contributed by atoms with Gasteiger partial charge in [-0.05, 0) is 44.9 Å². The zero-order valence-corrected chi connectivity index (χ0v) is 12.6. The maximum atomic E-state index is 12.7. The summed E-state index contributed by atoms with van der Waals surface area (Å²) in [5.74, 6) is -0.243. The van der Waals surface area contributed by atoms with Crippen molar-refractivity contribution in [2.75, 3.05) is 19.6 Å². The molecular formula is C15H26N2O3. The SMILES string of the molecule is CCN(CC1CCC1)C(=O)N1CCCC1(CC)C(=O)O. The van der Waals surface area contributed by atoms with Crippen molar-refractivity contribution in [2.24, 2.45) is 5.92 Å². The predicted octanol–water partition coefficient (Wildman–Crippen LogP) is 2.56. The number of urea groups is 1. The molecule has 0 aromatic heterocycles. The molecule has 2 fully saturated rings. The highest BCUT2D eigenvalue weighted by molar-refractivity contribution is 5.87. The maximum absolute atomic E-state index is 12.7. The lowest BCUT2D eigenvalue weighted by atomic mass is 9.85. The van der Waals surface area contributed by atoms with Gasteiger partial charge in [-0.15, -0.1) is 0 Å². The first-order valence-electron chi connectivity index (χ1n) is 7.85. The number of hydrogen-bond donors (Lipinski definition) is 1. The fraction of sp³-hybridized carbons (Fsp3) is 0.867. The van der Waals surface area contributed by atoms with E-state index in [0.29, 0.717) is 31.8 Å². The molecule has 20 heavy (non-hydrogen) atoms. The number of hydrogen-bond acceptors (Lipinski definition) is 2. The van der Waals surface area contributed by atoms with Crippen LogP contribution >= 0.6 is 0 Å². The van der Waals surface area contributed by atoms with Gasteiger partial charge in [-0.2, -0.15) is 0 Å². The summed E-state index contributed by atoms with van der Waals surface area (Å²) in [5, 5.41) is 9.56. The Morgan fingerprint density at radius 1 is 1.30 bits per heavy atom. The number of carbonyl (C=O) groups is 2. The lowest BCUT2D eigenvalue weighted by molar-refractivity contribution is -0.148. The summed E-state index contributed by atoms with van der Waals surface area (Å²) in [4.78, 5) is 27.8. The van der Waals surface area contributed by atoms with Crippen molar-refractivity contribution in [3.63, 3.8) is 0 Å². The van der Waals surface area contributed by atoms with E-state index in [9.17, 15) is 14.7 Å². The van der Waals surface area contributed by atoms with Crippen LogP contribution in [0.25, 0.3) is 0 Å². The number of amides is 2. The van der Waals surface area contributed by atoms with Gasteiger partial charge in [0, 0.05) is 19.6 Å². The Morgan fingerprint density at radius 2 is 2.00 bits per heavy atom. The van der Waals surface area contributed by atoms with Gasteiger partial charge < -0.3 is 14.9 Å². The molecule has 2 amide bonds. The third-order valence-electron chi connectivity index (χ3n) is 5.06. The van der Waals surface area contributed by atoms with Gasteiger partial charge in [0.2, 0.25) is 0 Å². The molecule has 0 bridgehead atoms. The number of likely N-dealkylation sites (tertiary alicyclic amines) is 1. The van der Waals surface area contributed by atoms with E-state index in [4.69, 9.17) is 0 Å². The second-order valence-corrected chi connectivity index (χ2v) is 6.06. The lowest BCUT2D eigenvalue weighted by Gasteiger charge is -2.39. The van der Waals surface area contributed by atoms with Crippen LogP contribution in [0.3, 0.4) is 0 Å². The number of carbonyl (C=O) groups excluding carboxylic acids is 1. The Hall–Kier alpha value is -1.26. The van der Waals surface area contributed by atoms with Gasteiger partial charge in [-0.25, -0.2) is 9.59 Å². The van der Waals surface area contributed by atoms with E-state index in [0.717, 1.165) is 13.0 Å². The molecule has 1 aliphatic carbocycles. The summed E-state index contributed by atoms with van der Waals surface area (Å²) in [6.45, 7) is 5.85. The van der Waals surface area contributed by atoms with E-state index in [1.54, 1.807) is 4.90 Å². The molecule has 1 aliphatic heterocycles.